The molecule has 2 atom stereocenters. The Labute approximate surface area is 131 Å². The first-order valence-corrected chi connectivity index (χ1v) is 9.64. The number of anilines is 1. The lowest BCUT2D eigenvalue weighted by molar-refractivity contribution is -0.0809. The van der Waals surface area contributed by atoms with Gasteiger partial charge in [0, 0.05) is 11.9 Å². The highest BCUT2D eigenvalue weighted by Gasteiger charge is 2.41. The van der Waals surface area contributed by atoms with E-state index in [1.807, 2.05) is 11.8 Å². The molecule has 3 nitrogen and oxygen atoms in total. The van der Waals surface area contributed by atoms with Crippen molar-refractivity contribution in [1.82, 2.24) is 0 Å². The summed E-state index contributed by atoms with van der Waals surface area (Å²) in [6.45, 7) is 0.655. The summed E-state index contributed by atoms with van der Waals surface area (Å²) < 4.78 is 32.0. The molecule has 0 amide bonds. The smallest absolute Gasteiger partial charge is 0.125 e. The van der Waals surface area contributed by atoms with Crippen LogP contribution < -0.4 is 5.73 Å². The molecular weight excluding hydrogens is 309 g/mol. The van der Waals surface area contributed by atoms with Crippen LogP contribution in [0.2, 0.25) is 0 Å². The summed E-state index contributed by atoms with van der Waals surface area (Å²) in [5, 5.41) is 0.0506. The van der Waals surface area contributed by atoms with E-state index in [0.29, 0.717) is 11.5 Å². The fraction of sp³-hybridized carbons (Fsp3) is 0.600. The number of nitrogen functional groups attached to an aromatic ring is 1. The van der Waals surface area contributed by atoms with Crippen molar-refractivity contribution in [2.75, 3.05) is 23.8 Å². The summed E-state index contributed by atoms with van der Waals surface area (Å²) in [7, 11) is -1.20. The van der Waals surface area contributed by atoms with Crippen LogP contribution in [-0.2, 0) is 15.5 Å². The molecule has 1 spiro atoms. The first kappa shape index (κ1) is 15.3. The van der Waals surface area contributed by atoms with Gasteiger partial charge in [-0.25, -0.2) is 4.39 Å². The lowest BCUT2D eigenvalue weighted by atomic mass is 9.88. The summed E-state index contributed by atoms with van der Waals surface area (Å²) in [5.41, 5.74) is 6.02. The third kappa shape index (κ3) is 3.27. The number of nitrogens with two attached hydrogens (primary N) is 1. The Bertz CT molecular complexity index is 541. The summed E-state index contributed by atoms with van der Waals surface area (Å²) in [4.78, 5) is 0.559. The van der Waals surface area contributed by atoms with Crippen LogP contribution in [-0.4, -0.2) is 33.2 Å². The van der Waals surface area contributed by atoms with E-state index in [-0.39, 0.29) is 22.4 Å². The minimum atomic E-state index is -1.20. The predicted octanol–water partition coefficient (Wildman–Crippen LogP) is 2.96. The second kappa shape index (κ2) is 6.26. The van der Waals surface area contributed by atoms with Gasteiger partial charge in [-0.1, -0.05) is 0 Å². The highest BCUT2D eigenvalue weighted by atomic mass is 32.2. The second-order valence-corrected chi connectivity index (χ2v) is 8.66. The molecule has 2 saturated heterocycles. The molecule has 1 aromatic carbocycles. The summed E-state index contributed by atoms with van der Waals surface area (Å²) in [6, 6.07) is 4.13. The molecule has 0 aliphatic carbocycles. The molecule has 0 saturated carbocycles. The summed E-state index contributed by atoms with van der Waals surface area (Å²) in [5.74, 6) is 1.83. The van der Waals surface area contributed by atoms with Crippen molar-refractivity contribution in [3.63, 3.8) is 0 Å². The molecule has 2 unspecified atom stereocenters. The number of thioether (sulfide) groups is 1. The topological polar surface area (TPSA) is 52.3 Å². The maximum absolute atomic E-state index is 13.1. The van der Waals surface area contributed by atoms with Gasteiger partial charge in [-0.3, -0.25) is 4.21 Å². The van der Waals surface area contributed by atoms with E-state index in [1.54, 1.807) is 6.07 Å². The molecule has 116 valence electrons. The minimum Gasteiger partial charge on any atom is -0.398 e. The van der Waals surface area contributed by atoms with Crippen LogP contribution in [0.3, 0.4) is 0 Å². The Balaban J connectivity index is 1.77. The van der Waals surface area contributed by atoms with E-state index < -0.39 is 10.8 Å². The second-order valence-electron chi connectivity index (χ2n) is 5.74. The van der Waals surface area contributed by atoms with Crippen molar-refractivity contribution in [2.45, 2.75) is 41.4 Å². The molecule has 2 heterocycles. The number of rotatable bonds is 2. The fourth-order valence-corrected chi connectivity index (χ4v) is 5.99. The molecule has 2 N–H and O–H groups in total. The first-order chi connectivity index (χ1) is 10.1. The number of halogens is 1. The Morgan fingerprint density at radius 3 is 2.86 bits per heavy atom. The molecule has 2 fully saturated rings. The van der Waals surface area contributed by atoms with Gasteiger partial charge in [0.1, 0.15) is 5.82 Å². The zero-order valence-corrected chi connectivity index (χ0v) is 13.5. The standard InChI is InChI=1S/C15H20FNO2S2/c16-11-1-2-14(13(17)9-11)21(18)12-3-6-19-15(10-12)4-7-20-8-5-15/h1-2,9,12H,3-8,10,17H2. The van der Waals surface area contributed by atoms with Gasteiger partial charge in [0.25, 0.3) is 0 Å². The summed E-state index contributed by atoms with van der Waals surface area (Å²) >= 11 is 1.96. The van der Waals surface area contributed by atoms with E-state index in [0.717, 1.165) is 37.2 Å². The monoisotopic (exact) mass is 329 g/mol. The lowest BCUT2D eigenvalue weighted by Gasteiger charge is -2.43. The van der Waals surface area contributed by atoms with E-state index in [9.17, 15) is 8.60 Å². The van der Waals surface area contributed by atoms with E-state index in [4.69, 9.17) is 10.5 Å². The molecule has 0 radical (unpaired) electrons. The Kier molecular flexibility index (Phi) is 4.57. The Morgan fingerprint density at radius 2 is 2.14 bits per heavy atom. The van der Waals surface area contributed by atoms with Crippen LogP contribution in [0.25, 0.3) is 0 Å². The third-order valence-electron chi connectivity index (χ3n) is 4.34. The van der Waals surface area contributed by atoms with Crippen molar-refractivity contribution in [3.05, 3.63) is 24.0 Å². The number of hydrogen-bond donors (Lipinski definition) is 1. The normalized spacial score (nSPS) is 26.6. The molecule has 3 rings (SSSR count). The highest BCUT2D eigenvalue weighted by Crippen LogP contribution is 2.40. The van der Waals surface area contributed by atoms with Gasteiger partial charge < -0.3 is 10.5 Å². The van der Waals surface area contributed by atoms with Crippen molar-refractivity contribution in [1.29, 1.82) is 0 Å². The molecule has 0 aromatic heterocycles. The molecular formula is C15H20FNO2S2. The average molecular weight is 329 g/mol. The van der Waals surface area contributed by atoms with Crippen LogP contribution in [0.1, 0.15) is 25.7 Å². The van der Waals surface area contributed by atoms with Gasteiger partial charge in [0.2, 0.25) is 0 Å². The Morgan fingerprint density at radius 1 is 1.38 bits per heavy atom. The highest BCUT2D eigenvalue weighted by molar-refractivity contribution is 7.99. The average Bonchev–Trinajstić information content (AvgIpc) is 2.47. The van der Waals surface area contributed by atoms with Crippen LogP contribution in [0.4, 0.5) is 10.1 Å². The van der Waals surface area contributed by atoms with Gasteiger partial charge in [-0.05, 0) is 55.4 Å². The Hall–Kier alpha value is -0.590. The van der Waals surface area contributed by atoms with Crippen molar-refractivity contribution < 1.29 is 13.3 Å². The quantitative estimate of drug-likeness (QED) is 0.848. The van der Waals surface area contributed by atoms with Gasteiger partial charge in [-0.15, -0.1) is 0 Å². The number of hydrogen-bond acceptors (Lipinski definition) is 4. The lowest BCUT2D eigenvalue weighted by Crippen LogP contribution is -2.45. The molecule has 2 aliphatic rings. The number of ether oxygens (including phenoxy) is 1. The van der Waals surface area contributed by atoms with E-state index in [2.05, 4.69) is 0 Å². The van der Waals surface area contributed by atoms with Crippen molar-refractivity contribution >= 4 is 28.2 Å². The maximum atomic E-state index is 13.1. The van der Waals surface area contributed by atoms with Gasteiger partial charge in [-0.2, -0.15) is 11.8 Å². The van der Waals surface area contributed by atoms with Crippen LogP contribution >= 0.6 is 11.8 Å². The largest absolute Gasteiger partial charge is 0.398 e. The van der Waals surface area contributed by atoms with E-state index >= 15 is 0 Å². The van der Waals surface area contributed by atoms with Crippen molar-refractivity contribution in [3.8, 4) is 0 Å². The van der Waals surface area contributed by atoms with Gasteiger partial charge >= 0.3 is 0 Å². The molecule has 21 heavy (non-hydrogen) atoms. The molecule has 0 bridgehead atoms. The fourth-order valence-electron chi connectivity index (χ4n) is 3.14. The molecule has 2 aliphatic heterocycles. The van der Waals surface area contributed by atoms with Crippen LogP contribution in [0.15, 0.2) is 23.1 Å². The number of benzene rings is 1. The van der Waals surface area contributed by atoms with E-state index in [1.165, 1.54) is 12.1 Å². The minimum absolute atomic E-state index is 0.0506. The van der Waals surface area contributed by atoms with Gasteiger partial charge in [0.15, 0.2) is 0 Å². The van der Waals surface area contributed by atoms with Crippen LogP contribution in [0.5, 0.6) is 0 Å². The predicted molar refractivity (Wildman–Crippen MR) is 85.5 cm³/mol. The molecule has 6 heteroatoms. The van der Waals surface area contributed by atoms with Crippen molar-refractivity contribution in [2.24, 2.45) is 0 Å². The molecule has 1 aromatic rings. The zero-order valence-electron chi connectivity index (χ0n) is 11.8. The van der Waals surface area contributed by atoms with Gasteiger partial charge in [0.05, 0.1) is 27.0 Å². The van der Waals surface area contributed by atoms with Crippen LogP contribution in [0, 0.1) is 5.82 Å². The SMILES string of the molecule is Nc1cc(F)ccc1S(=O)C1CCOC2(CCSCC2)C1. The summed E-state index contributed by atoms with van der Waals surface area (Å²) in [6.07, 6.45) is 3.66. The third-order valence-corrected chi connectivity index (χ3v) is 7.14. The maximum Gasteiger partial charge on any atom is 0.125 e. The first-order valence-electron chi connectivity index (χ1n) is 7.27. The zero-order chi connectivity index (χ0) is 14.9.